The second-order valence-corrected chi connectivity index (χ2v) is 12.7. The molecule has 0 saturated heterocycles. The second kappa shape index (κ2) is 11.9. The van der Waals surface area contributed by atoms with Crippen molar-refractivity contribution < 1.29 is 8.83 Å². The van der Waals surface area contributed by atoms with Gasteiger partial charge in [-0.3, -0.25) is 0 Å². The average Bonchev–Trinajstić information content (AvgIpc) is 3.79. The molecule has 3 aromatic heterocycles. The Morgan fingerprint density at radius 2 is 0.942 bits per heavy atom. The van der Waals surface area contributed by atoms with Crippen molar-refractivity contribution >= 4 is 43.9 Å². The van der Waals surface area contributed by atoms with E-state index in [1.807, 2.05) is 103 Å². The summed E-state index contributed by atoms with van der Waals surface area (Å²) in [5.74, 6) is 1.54. The molecule has 0 bridgehead atoms. The fourth-order valence-corrected chi connectivity index (χ4v) is 7.08. The summed E-state index contributed by atoms with van der Waals surface area (Å²) < 4.78 is 13.1. The smallest absolute Gasteiger partial charge is 0.168 e. The quantitative estimate of drug-likeness (QED) is 0.182. The average molecular weight is 667 g/mol. The Morgan fingerprint density at radius 1 is 0.385 bits per heavy atom. The van der Waals surface area contributed by atoms with Crippen LogP contribution in [0.15, 0.2) is 167 Å². The van der Waals surface area contributed by atoms with Crippen LogP contribution in [-0.2, 0) is 0 Å². The number of aromatic nitrogens is 3. The van der Waals surface area contributed by atoms with Gasteiger partial charge in [-0.2, -0.15) is 5.26 Å². The van der Waals surface area contributed by atoms with E-state index in [-0.39, 0.29) is 0 Å². The van der Waals surface area contributed by atoms with Crippen LogP contribution in [0.1, 0.15) is 5.56 Å². The van der Waals surface area contributed by atoms with Crippen LogP contribution in [0, 0.1) is 11.3 Å². The fraction of sp³-hybridized carbons (Fsp3) is 0. The van der Waals surface area contributed by atoms with Crippen LogP contribution >= 0.6 is 0 Å². The summed E-state index contributed by atoms with van der Waals surface area (Å²) in [5.41, 5.74) is 10.1. The van der Waals surface area contributed by atoms with E-state index in [0.29, 0.717) is 28.6 Å². The third-order valence-electron chi connectivity index (χ3n) is 9.63. The molecular formula is C46H26N4O2. The van der Waals surface area contributed by atoms with E-state index in [9.17, 15) is 5.26 Å². The van der Waals surface area contributed by atoms with Crippen molar-refractivity contribution in [1.29, 1.82) is 5.26 Å². The zero-order valence-corrected chi connectivity index (χ0v) is 27.6. The van der Waals surface area contributed by atoms with Gasteiger partial charge in [0.1, 0.15) is 22.3 Å². The van der Waals surface area contributed by atoms with Gasteiger partial charge in [0, 0.05) is 27.1 Å². The van der Waals surface area contributed by atoms with Gasteiger partial charge in [0.25, 0.3) is 0 Å². The minimum Gasteiger partial charge on any atom is -0.455 e. The molecule has 0 fully saturated rings. The summed E-state index contributed by atoms with van der Waals surface area (Å²) in [7, 11) is 0. The Bertz CT molecular complexity index is 3010. The molecule has 3 heterocycles. The molecule has 6 nitrogen and oxygen atoms in total. The molecule has 0 N–H and O–H groups in total. The molecule has 52 heavy (non-hydrogen) atoms. The molecule has 0 aliphatic rings. The van der Waals surface area contributed by atoms with Crippen LogP contribution in [-0.4, -0.2) is 15.0 Å². The van der Waals surface area contributed by atoms with Crippen molar-refractivity contribution in [2.75, 3.05) is 0 Å². The maximum Gasteiger partial charge on any atom is 0.168 e. The van der Waals surface area contributed by atoms with Crippen LogP contribution in [0.25, 0.3) is 100 Å². The third-order valence-corrected chi connectivity index (χ3v) is 9.63. The first-order valence-electron chi connectivity index (χ1n) is 17.0. The molecule has 0 atom stereocenters. The highest BCUT2D eigenvalue weighted by Gasteiger charge is 2.23. The molecule has 7 aromatic carbocycles. The van der Waals surface area contributed by atoms with E-state index in [0.717, 1.165) is 77.2 Å². The lowest BCUT2D eigenvalue weighted by molar-refractivity contribution is 0.669. The monoisotopic (exact) mass is 666 g/mol. The molecule has 0 aliphatic carbocycles. The maximum atomic E-state index is 9.27. The van der Waals surface area contributed by atoms with Crippen molar-refractivity contribution in [2.24, 2.45) is 0 Å². The second-order valence-electron chi connectivity index (χ2n) is 12.7. The number of fused-ring (bicyclic) bond motifs is 6. The van der Waals surface area contributed by atoms with Gasteiger partial charge in [0.15, 0.2) is 17.5 Å². The van der Waals surface area contributed by atoms with E-state index in [2.05, 4.69) is 60.7 Å². The zero-order valence-electron chi connectivity index (χ0n) is 27.6. The lowest BCUT2D eigenvalue weighted by Crippen LogP contribution is -2.01. The number of rotatable bonds is 5. The summed E-state index contributed by atoms with van der Waals surface area (Å²) in [4.78, 5) is 15.5. The number of nitrogens with zero attached hydrogens (tertiary/aromatic N) is 4. The number of hydrogen-bond donors (Lipinski definition) is 0. The number of para-hydroxylation sites is 3. The summed E-state index contributed by atoms with van der Waals surface area (Å²) in [5, 5.41) is 13.3. The van der Waals surface area contributed by atoms with Crippen LogP contribution < -0.4 is 0 Å². The van der Waals surface area contributed by atoms with Crippen LogP contribution in [0.3, 0.4) is 0 Å². The molecule has 0 amide bonds. The lowest BCUT2D eigenvalue weighted by Gasteiger charge is -2.13. The Hall–Kier alpha value is -7.36. The standard InChI is InChI=1S/C46H26N4O2/c47-27-28-17-19-29(20-18-28)30-21-23-31(24-22-30)33-25-26-37-35-12-5-7-16-40(35)52-43(37)41(33)46-49-44(32-9-2-1-3-10-32)48-45(50-46)38-14-8-13-36-34-11-4-6-15-39(34)51-42(36)38/h1-26H. The Labute approximate surface area is 297 Å². The van der Waals surface area contributed by atoms with Crippen LogP contribution in [0.2, 0.25) is 0 Å². The highest BCUT2D eigenvalue weighted by molar-refractivity contribution is 6.12. The fourth-order valence-electron chi connectivity index (χ4n) is 7.08. The van der Waals surface area contributed by atoms with Gasteiger partial charge in [0.05, 0.1) is 22.8 Å². The highest BCUT2D eigenvalue weighted by atomic mass is 16.3. The molecule has 0 aliphatic heterocycles. The normalized spacial score (nSPS) is 11.4. The molecule has 10 aromatic rings. The van der Waals surface area contributed by atoms with E-state index < -0.39 is 0 Å². The van der Waals surface area contributed by atoms with Gasteiger partial charge in [0.2, 0.25) is 0 Å². The molecule has 0 spiro atoms. The van der Waals surface area contributed by atoms with Crippen LogP contribution in [0.5, 0.6) is 0 Å². The van der Waals surface area contributed by atoms with Crippen molar-refractivity contribution in [1.82, 2.24) is 15.0 Å². The van der Waals surface area contributed by atoms with Crippen molar-refractivity contribution in [3.8, 4) is 62.5 Å². The van der Waals surface area contributed by atoms with Crippen molar-refractivity contribution in [3.05, 3.63) is 163 Å². The van der Waals surface area contributed by atoms with Crippen molar-refractivity contribution in [3.63, 3.8) is 0 Å². The SMILES string of the molecule is N#Cc1ccc(-c2ccc(-c3ccc4c(oc5ccccc54)c3-c3nc(-c4ccccc4)nc(-c4cccc5c4oc4ccccc45)n3)cc2)cc1. The van der Waals surface area contributed by atoms with Gasteiger partial charge in [-0.1, -0.05) is 121 Å². The Kier molecular flexibility index (Phi) is 6.76. The summed E-state index contributed by atoms with van der Waals surface area (Å²) in [6.07, 6.45) is 0. The number of nitriles is 1. The molecule has 0 unspecified atom stereocenters. The molecule has 0 radical (unpaired) electrons. The zero-order chi connectivity index (χ0) is 34.6. The minimum atomic E-state index is 0.493. The molecule has 242 valence electrons. The number of benzene rings is 7. The van der Waals surface area contributed by atoms with Gasteiger partial charge < -0.3 is 8.83 Å². The summed E-state index contributed by atoms with van der Waals surface area (Å²) >= 11 is 0. The van der Waals surface area contributed by atoms with Gasteiger partial charge in [-0.25, -0.2) is 15.0 Å². The van der Waals surface area contributed by atoms with Gasteiger partial charge in [-0.05, 0) is 58.7 Å². The topological polar surface area (TPSA) is 88.7 Å². The first-order valence-corrected chi connectivity index (χ1v) is 17.0. The molecule has 6 heteroatoms. The molecular weight excluding hydrogens is 641 g/mol. The molecule has 10 rings (SSSR count). The summed E-state index contributed by atoms with van der Waals surface area (Å²) in [6, 6.07) is 54.6. The van der Waals surface area contributed by atoms with E-state index in [1.54, 1.807) is 0 Å². The number of furan rings is 2. The van der Waals surface area contributed by atoms with E-state index in [4.69, 9.17) is 23.8 Å². The van der Waals surface area contributed by atoms with E-state index in [1.165, 1.54) is 0 Å². The van der Waals surface area contributed by atoms with Gasteiger partial charge in [-0.15, -0.1) is 0 Å². The number of hydrogen-bond acceptors (Lipinski definition) is 6. The highest BCUT2D eigenvalue weighted by Crippen LogP contribution is 2.43. The predicted octanol–water partition coefficient (Wildman–Crippen LogP) is 11.9. The lowest BCUT2D eigenvalue weighted by atomic mass is 9.94. The predicted molar refractivity (Wildman–Crippen MR) is 206 cm³/mol. The van der Waals surface area contributed by atoms with Crippen LogP contribution in [0.4, 0.5) is 0 Å². The largest absolute Gasteiger partial charge is 0.455 e. The van der Waals surface area contributed by atoms with E-state index >= 15 is 0 Å². The first kappa shape index (κ1) is 29.5. The maximum absolute atomic E-state index is 9.27. The van der Waals surface area contributed by atoms with Crippen molar-refractivity contribution in [2.45, 2.75) is 0 Å². The Balaban J connectivity index is 1.23. The first-order chi connectivity index (χ1) is 25.7. The van der Waals surface area contributed by atoms with Gasteiger partial charge >= 0.3 is 0 Å². The Morgan fingerprint density at radius 3 is 1.65 bits per heavy atom. The molecule has 0 saturated carbocycles. The minimum absolute atomic E-state index is 0.493. The third kappa shape index (κ3) is 4.84. The summed E-state index contributed by atoms with van der Waals surface area (Å²) in [6.45, 7) is 0.